The van der Waals surface area contributed by atoms with Crippen LogP contribution >= 0.6 is 0 Å². The lowest BCUT2D eigenvalue weighted by molar-refractivity contribution is -0.119. The summed E-state index contributed by atoms with van der Waals surface area (Å²) < 4.78 is 50.6. The van der Waals surface area contributed by atoms with Crippen molar-refractivity contribution in [1.29, 1.82) is 0 Å². The summed E-state index contributed by atoms with van der Waals surface area (Å²) in [4.78, 5) is 13.6. The standard InChI is InChI=1S/C26H32N4O6S2/c1-5-30(38(4,35)36)23(16-19-12-15-22(29-32)25(27)17(19)2)26(31)28-20-13-10-18(11-14-20)21-8-6-7-9-24(21)37(3,33)34/h6-15,23,29,32H,5,16,27H2,1-4H3,(H,28,31)/t23-/m0/s1. The SMILES string of the molecule is CCN([C@@H](Cc1ccc(NO)c(N)c1C)C(=O)Nc1ccc(-c2ccccc2S(C)(=O)=O)cc1)S(C)(=O)=O. The van der Waals surface area contributed by atoms with Gasteiger partial charge in [-0.05, 0) is 54.3 Å². The number of sulfone groups is 1. The average Bonchev–Trinajstić information content (AvgIpc) is 2.85. The van der Waals surface area contributed by atoms with Gasteiger partial charge in [-0.3, -0.25) is 15.5 Å². The van der Waals surface area contributed by atoms with E-state index in [0.29, 0.717) is 33.6 Å². The maximum Gasteiger partial charge on any atom is 0.243 e. The van der Waals surface area contributed by atoms with Crippen LogP contribution in [0.15, 0.2) is 65.6 Å². The minimum absolute atomic E-state index is 0.0499. The van der Waals surface area contributed by atoms with Crippen molar-refractivity contribution in [3.05, 3.63) is 71.8 Å². The first-order valence-electron chi connectivity index (χ1n) is 11.7. The predicted octanol–water partition coefficient (Wildman–Crippen LogP) is 3.28. The van der Waals surface area contributed by atoms with Crippen LogP contribution in [0.2, 0.25) is 0 Å². The fourth-order valence-electron chi connectivity index (χ4n) is 4.30. The van der Waals surface area contributed by atoms with Gasteiger partial charge in [-0.1, -0.05) is 43.3 Å². The van der Waals surface area contributed by atoms with Crippen LogP contribution in [-0.2, 0) is 31.1 Å². The zero-order valence-electron chi connectivity index (χ0n) is 21.6. The summed E-state index contributed by atoms with van der Waals surface area (Å²) in [6.07, 6.45) is 2.24. The van der Waals surface area contributed by atoms with Gasteiger partial charge in [0.05, 0.1) is 22.5 Å². The van der Waals surface area contributed by atoms with Crippen LogP contribution < -0.4 is 16.5 Å². The smallest absolute Gasteiger partial charge is 0.243 e. The first kappa shape index (κ1) is 29.1. The molecule has 38 heavy (non-hydrogen) atoms. The second-order valence-electron chi connectivity index (χ2n) is 8.94. The summed E-state index contributed by atoms with van der Waals surface area (Å²) in [5, 5.41) is 12.0. The number of amides is 1. The number of nitrogens with one attached hydrogen (secondary N) is 2. The van der Waals surface area contributed by atoms with Crippen molar-refractivity contribution >= 4 is 42.8 Å². The van der Waals surface area contributed by atoms with E-state index in [0.717, 1.165) is 16.8 Å². The predicted molar refractivity (Wildman–Crippen MR) is 149 cm³/mol. The topological polar surface area (TPSA) is 159 Å². The van der Waals surface area contributed by atoms with Crippen LogP contribution in [-0.4, -0.2) is 57.4 Å². The molecule has 0 radical (unpaired) electrons. The fraction of sp³-hybridized carbons (Fsp3) is 0.269. The molecule has 0 aliphatic carbocycles. The second-order valence-corrected chi connectivity index (χ2v) is 12.9. The third-order valence-electron chi connectivity index (χ3n) is 6.30. The van der Waals surface area contributed by atoms with Crippen LogP contribution in [0, 0.1) is 6.92 Å². The average molecular weight is 561 g/mol. The number of nitrogens with two attached hydrogens (primary N) is 1. The number of carbonyl (C=O) groups excluding carboxylic acids is 1. The van der Waals surface area contributed by atoms with Gasteiger partial charge >= 0.3 is 0 Å². The van der Waals surface area contributed by atoms with Crippen molar-refractivity contribution in [2.75, 3.05) is 35.6 Å². The molecule has 1 atom stereocenters. The summed E-state index contributed by atoms with van der Waals surface area (Å²) in [5.74, 6) is -0.538. The molecule has 0 bridgehead atoms. The lowest BCUT2D eigenvalue weighted by Gasteiger charge is -2.28. The van der Waals surface area contributed by atoms with Crippen molar-refractivity contribution in [3.63, 3.8) is 0 Å². The highest BCUT2D eigenvalue weighted by Crippen LogP contribution is 2.29. The van der Waals surface area contributed by atoms with Crippen LogP contribution in [0.4, 0.5) is 17.1 Å². The van der Waals surface area contributed by atoms with E-state index in [9.17, 15) is 26.8 Å². The van der Waals surface area contributed by atoms with Gasteiger partial charge in [0.2, 0.25) is 15.9 Å². The molecular weight excluding hydrogens is 528 g/mol. The van der Waals surface area contributed by atoms with Crippen LogP contribution in [0.3, 0.4) is 0 Å². The fourth-order valence-corrected chi connectivity index (χ4v) is 6.31. The van der Waals surface area contributed by atoms with Gasteiger partial charge in [-0.2, -0.15) is 4.31 Å². The molecule has 0 aromatic heterocycles. The van der Waals surface area contributed by atoms with Crippen LogP contribution in [0.1, 0.15) is 18.1 Å². The highest BCUT2D eigenvalue weighted by Gasteiger charge is 2.32. The molecule has 0 fully saturated rings. The van der Waals surface area contributed by atoms with E-state index in [1.807, 2.05) is 5.48 Å². The van der Waals surface area contributed by atoms with E-state index in [-0.39, 0.29) is 23.5 Å². The van der Waals surface area contributed by atoms with E-state index in [2.05, 4.69) is 5.32 Å². The highest BCUT2D eigenvalue weighted by molar-refractivity contribution is 7.90. The van der Waals surface area contributed by atoms with Gasteiger partial charge in [-0.25, -0.2) is 16.8 Å². The highest BCUT2D eigenvalue weighted by atomic mass is 32.2. The summed E-state index contributed by atoms with van der Waals surface area (Å²) in [5.41, 5.74) is 11.5. The quantitative estimate of drug-likeness (QED) is 0.217. The molecular formula is C26H32N4O6S2. The molecule has 3 aromatic carbocycles. The number of nitrogen functional groups attached to an aromatic ring is 1. The van der Waals surface area contributed by atoms with Crippen molar-refractivity contribution in [2.45, 2.75) is 31.2 Å². The summed E-state index contributed by atoms with van der Waals surface area (Å²) in [6, 6.07) is 15.4. The Morgan fingerprint density at radius 1 is 1.00 bits per heavy atom. The Labute approximate surface area is 223 Å². The van der Waals surface area contributed by atoms with E-state index < -0.39 is 31.8 Å². The van der Waals surface area contributed by atoms with Crippen molar-refractivity contribution < 1.29 is 26.8 Å². The largest absolute Gasteiger partial charge is 0.397 e. The molecule has 1 amide bonds. The van der Waals surface area contributed by atoms with Gasteiger partial charge in [0.1, 0.15) is 6.04 Å². The maximum atomic E-state index is 13.4. The molecule has 0 saturated carbocycles. The summed E-state index contributed by atoms with van der Waals surface area (Å²) in [7, 11) is -7.19. The molecule has 5 N–H and O–H groups in total. The first-order chi connectivity index (χ1) is 17.8. The zero-order chi connectivity index (χ0) is 28.3. The number of nitrogens with zero attached hydrogens (tertiary/aromatic N) is 1. The van der Waals surface area contributed by atoms with Crippen LogP contribution in [0.5, 0.6) is 0 Å². The van der Waals surface area contributed by atoms with Gasteiger partial charge in [-0.15, -0.1) is 0 Å². The number of sulfonamides is 1. The third kappa shape index (κ3) is 6.51. The third-order valence-corrected chi connectivity index (χ3v) is 8.82. The Hall–Kier alpha value is -3.45. The molecule has 12 heteroatoms. The normalized spacial score (nSPS) is 12.8. The lowest BCUT2D eigenvalue weighted by Crippen LogP contribution is -2.48. The number of hydrogen-bond acceptors (Lipinski definition) is 8. The number of benzene rings is 3. The van der Waals surface area contributed by atoms with E-state index in [4.69, 9.17) is 5.73 Å². The molecule has 0 aliphatic rings. The Balaban J connectivity index is 1.93. The molecule has 0 aliphatic heterocycles. The number of likely N-dealkylation sites (N-methyl/N-ethyl adjacent to an activating group) is 1. The maximum absolute atomic E-state index is 13.4. The van der Waals surface area contributed by atoms with Crippen molar-refractivity contribution in [2.24, 2.45) is 0 Å². The minimum Gasteiger partial charge on any atom is -0.397 e. The summed E-state index contributed by atoms with van der Waals surface area (Å²) in [6.45, 7) is 3.45. The molecule has 0 unspecified atom stereocenters. The van der Waals surface area contributed by atoms with E-state index in [1.54, 1.807) is 68.4 Å². The van der Waals surface area contributed by atoms with Gasteiger partial charge in [0.15, 0.2) is 9.84 Å². The van der Waals surface area contributed by atoms with Gasteiger partial charge < -0.3 is 11.1 Å². The lowest BCUT2D eigenvalue weighted by atomic mass is 9.98. The number of rotatable bonds is 10. The summed E-state index contributed by atoms with van der Waals surface area (Å²) >= 11 is 0. The molecule has 3 rings (SSSR count). The van der Waals surface area contributed by atoms with Crippen LogP contribution in [0.25, 0.3) is 11.1 Å². The Morgan fingerprint density at radius 3 is 2.18 bits per heavy atom. The molecule has 0 saturated heterocycles. The second kappa shape index (κ2) is 11.5. The number of carbonyl (C=O) groups is 1. The Morgan fingerprint density at radius 2 is 1.63 bits per heavy atom. The zero-order valence-corrected chi connectivity index (χ0v) is 23.2. The first-order valence-corrected chi connectivity index (χ1v) is 15.5. The minimum atomic E-state index is -3.74. The molecule has 10 nitrogen and oxygen atoms in total. The molecule has 0 spiro atoms. The van der Waals surface area contributed by atoms with Crippen molar-refractivity contribution in [3.8, 4) is 11.1 Å². The molecule has 0 heterocycles. The Kier molecular flexibility index (Phi) is 8.82. The van der Waals surface area contributed by atoms with E-state index >= 15 is 0 Å². The van der Waals surface area contributed by atoms with Gasteiger partial charge in [0, 0.05) is 24.1 Å². The molecule has 204 valence electrons. The van der Waals surface area contributed by atoms with Crippen molar-refractivity contribution in [1.82, 2.24) is 4.31 Å². The number of anilines is 3. The number of hydrogen-bond donors (Lipinski definition) is 4. The van der Waals surface area contributed by atoms with Gasteiger partial charge in [0.25, 0.3) is 0 Å². The molecule has 3 aromatic rings. The monoisotopic (exact) mass is 560 g/mol. The van der Waals surface area contributed by atoms with E-state index in [1.165, 1.54) is 6.07 Å². The Bertz CT molecular complexity index is 1540.